The molecule has 2 aliphatic rings. The van der Waals surface area contributed by atoms with Crippen LogP contribution in [0.4, 0.5) is 5.82 Å². The van der Waals surface area contributed by atoms with Crippen LogP contribution in [0.5, 0.6) is 0 Å². The fourth-order valence-corrected chi connectivity index (χ4v) is 4.59. The van der Waals surface area contributed by atoms with Crippen LogP contribution in [0.3, 0.4) is 0 Å². The van der Waals surface area contributed by atoms with E-state index in [2.05, 4.69) is 48.3 Å². The second-order valence-electron chi connectivity index (χ2n) is 8.19. The van der Waals surface area contributed by atoms with Crippen LogP contribution in [0.15, 0.2) is 42.7 Å². The van der Waals surface area contributed by atoms with E-state index >= 15 is 0 Å². The second-order valence-corrected chi connectivity index (χ2v) is 8.19. The third-order valence-electron chi connectivity index (χ3n) is 6.26. The van der Waals surface area contributed by atoms with E-state index in [0.29, 0.717) is 18.2 Å². The molecule has 0 amide bonds. The first kappa shape index (κ1) is 18.6. The zero-order valence-electron chi connectivity index (χ0n) is 17.3. The van der Waals surface area contributed by atoms with Gasteiger partial charge in [0.25, 0.3) is 0 Å². The Morgan fingerprint density at radius 1 is 1.06 bits per heavy atom. The molecule has 0 bridgehead atoms. The lowest BCUT2D eigenvalue weighted by molar-refractivity contribution is 0.0209. The van der Waals surface area contributed by atoms with Gasteiger partial charge in [0, 0.05) is 43.8 Å². The summed E-state index contributed by atoms with van der Waals surface area (Å²) < 4.78 is 7.33. The van der Waals surface area contributed by atoms with E-state index in [1.165, 1.54) is 0 Å². The molecule has 158 valence electrons. The second kappa shape index (κ2) is 7.82. The van der Waals surface area contributed by atoms with E-state index in [4.69, 9.17) is 9.72 Å². The third kappa shape index (κ3) is 3.60. The maximum absolute atomic E-state index is 5.50. The van der Waals surface area contributed by atoms with Crippen LogP contribution in [0.2, 0.25) is 0 Å². The van der Waals surface area contributed by atoms with Gasteiger partial charge < -0.3 is 9.64 Å². The van der Waals surface area contributed by atoms with Crippen molar-refractivity contribution in [1.82, 2.24) is 34.8 Å². The Bertz CT molecular complexity index is 1220. The molecule has 0 saturated carbocycles. The lowest BCUT2D eigenvalue weighted by atomic mass is 10.1. The number of pyridine rings is 1. The van der Waals surface area contributed by atoms with E-state index in [9.17, 15) is 0 Å². The molecule has 31 heavy (non-hydrogen) atoms. The molecule has 5 heterocycles. The van der Waals surface area contributed by atoms with Crippen LogP contribution >= 0.6 is 0 Å². The van der Waals surface area contributed by atoms with Gasteiger partial charge in [-0.3, -0.25) is 9.88 Å². The van der Waals surface area contributed by atoms with Crippen molar-refractivity contribution in [1.29, 1.82) is 0 Å². The average molecular weight is 416 g/mol. The molecule has 9 heteroatoms. The highest BCUT2D eigenvalue weighted by Gasteiger charge is 2.29. The van der Waals surface area contributed by atoms with Crippen LogP contribution in [0, 0.1) is 0 Å². The summed E-state index contributed by atoms with van der Waals surface area (Å²) >= 11 is 0. The fraction of sp³-hybridized carbons (Fsp3) is 0.409. The normalized spacial score (nSPS) is 20.1. The van der Waals surface area contributed by atoms with Crippen LogP contribution in [0.25, 0.3) is 22.2 Å². The van der Waals surface area contributed by atoms with Gasteiger partial charge in [-0.05, 0) is 30.2 Å². The van der Waals surface area contributed by atoms with Crippen molar-refractivity contribution in [2.45, 2.75) is 19.0 Å². The third-order valence-corrected chi connectivity index (χ3v) is 6.26. The van der Waals surface area contributed by atoms with Gasteiger partial charge in [0.2, 0.25) is 5.65 Å². The minimum absolute atomic E-state index is 0.552. The standard InChI is InChI=1S/C22H24N8O/c1-2-17-12-16(3-4-19(17)23-6-1)14-30-22-21(26-27-30)24-13-20(25-22)29-7-5-18(15-29)28-8-10-31-11-9-28/h1-4,6,12-13,18H,5,7-11,14-15H2/t18-/m1/s1. The van der Waals surface area contributed by atoms with Gasteiger partial charge in [-0.15, -0.1) is 5.10 Å². The van der Waals surface area contributed by atoms with Crippen molar-refractivity contribution >= 4 is 28.0 Å². The van der Waals surface area contributed by atoms with Gasteiger partial charge in [0.1, 0.15) is 5.82 Å². The molecule has 1 aromatic carbocycles. The van der Waals surface area contributed by atoms with Crippen LogP contribution in [-0.2, 0) is 11.3 Å². The molecule has 0 radical (unpaired) electrons. The van der Waals surface area contributed by atoms with Crippen LogP contribution < -0.4 is 4.90 Å². The summed E-state index contributed by atoms with van der Waals surface area (Å²) in [6, 6.07) is 10.8. The minimum Gasteiger partial charge on any atom is -0.379 e. The SMILES string of the molecule is c1cnc2ccc(Cn3nnc4ncc(N5CC[C@@H](N6CCOCC6)C5)nc43)cc2c1. The number of morpholine rings is 1. The Labute approximate surface area is 179 Å². The van der Waals surface area contributed by atoms with E-state index in [0.717, 1.165) is 73.7 Å². The summed E-state index contributed by atoms with van der Waals surface area (Å²) in [5.74, 6) is 0.898. The summed E-state index contributed by atoms with van der Waals surface area (Å²) in [7, 11) is 0. The Balaban J connectivity index is 1.24. The van der Waals surface area contributed by atoms with E-state index in [1.54, 1.807) is 0 Å². The first-order chi connectivity index (χ1) is 15.3. The molecule has 1 atom stereocenters. The summed E-state index contributed by atoms with van der Waals surface area (Å²) in [6.45, 7) is 6.25. The summed E-state index contributed by atoms with van der Waals surface area (Å²) in [5, 5.41) is 9.65. The fourth-order valence-electron chi connectivity index (χ4n) is 4.59. The van der Waals surface area contributed by atoms with Crippen molar-refractivity contribution < 1.29 is 4.74 Å². The van der Waals surface area contributed by atoms with Gasteiger partial charge in [0.15, 0.2) is 5.65 Å². The molecule has 6 rings (SSSR count). The van der Waals surface area contributed by atoms with Crippen LogP contribution in [-0.4, -0.2) is 80.3 Å². The summed E-state index contributed by atoms with van der Waals surface area (Å²) in [5.41, 5.74) is 3.42. The Hall–Kier alpha value is -3.17. The number of hydrogen-bond acceptors (Lipinski definition) is 8. The molecule has 0 N–H and O–H groups in total. The van der Waals surface area contributed by atoms with Crippen molar-refractivity contribution in [3.8, 4) is 0 Å². The van der Waals surface area contributed by atoms with Crippen molar-refractivity contribution in [2.75, 3.05) is 44.3 Å². The molecule has 0 unspecified atom stereocenters. The molecule has 0 spiro atoms. The van der Waals surface area contributed by atoms with E-state index in [-0.39, 0.29) is 0 Å². The van der Waals surface area contributed by atoms with Crippen molar-refractivity contribution in [3.63, 3.8) is 0 Å². The molecule has 2 aliphatic heterocycles. The lowest BCUT2D eigenvalue weighted by Crippen LogP contribution is -2.44. The maximum Gasteiger partial charge on any atom is 0.221 e. The molecular formula is C22H24N8O. The molecule has 0 aliphatic carbocycles. The minimum atomic E-state index is 0.552. The predicted octanol–water partition coefficient (Wildman–Crippen LogP) is 1.73. The number of aromatic nitrogens is 6. The Morgan fingerprint density at radius 2 is 2.00 bits per heavy atom. The summed E-state index contributed by atoms with van der Waals surface area (Å²) in [6.07, 6.45) is 4.78. The quantitative estimate of drug-likeness (QED) is 0.497. The molecular weight excluding hydrogens is 392 g/mol. The van der Waals surface area contributed by atoms with Gasteiger partial charge in [-0.25, -0.2) is 14.6 Å². The highest BCUT2D eigenvalue weighted by molar-refractivity contribution is 5.79. The zero-order valence-corrected chi connectivity index (χ0v) is 17.3. The van der Waals surface area contributed by atoms with Gasteiger partial charge >= 0.3 is 0 Å². The first-order valence-electron chi connectivity index (χ1n) is 10.8. The average Bonchev–Trinajstić information content (AvgIpc) is 3.47. The van der Waals surface area contributed by atoms with Crippen LogP contribution in [0.1, 0.15) is 12.0 Å². The first-order valence-corrected chi connectivity index (χ1v) is 10.8. The Morgan fingerprint density at radius 3 is 2.94 bits per heavy atom. The summed E-state index contributed by atoms with van der Waals surface area (Å²) in [4.78, 5) is 18.7. The van der Waals surface area contributed by atoms with Crippen molar-refractivity contribution in [3.05, 3.63) is 48.3 Å². The van der Waals surface area contributed by atoms with Gasteiger partial charge in [-0.1, -0.05) is 17.3 Å². The number of rotatable bonds is 4. The smallest absolute Gasteiger partial charge is 0.221 e. The predicted molar refractivity (Wildman–Crippen MR) is 117 cm³/mol. The number of hydrogen-bond donors (Lipinski definition) is 0. The van der Waals surface area contributed by atoms with Gasteiger partial charge in [-0.2, -0.15) is 0 Å². The van der Waals surface area contributed by atoms with E-state index in [1.807, 2.05) is 29.2 Å². The highest BCUT2D eigenvalue weighted by atomic mass is 16.5. The zero-order chi connectivity index (χ0) is 20.6. The highest BCUT2D eigenvalue weighted by Crippen LogP contribution is 2.23. The van der Waals surface area contributed by atoms with Crippen molar-refractivity contribution in [2.24, 2.45) is 0 Å². The van der Waals surface area contributed by atoms with Gasteiger partial charge in [0.05, 0.1) is 31.5 Å². The molecule has 2 saturated heterocycles. The molecule has 2 fully saturated rings. The maximum atomic E-state index is 5.50. The number of nitrogens with zero attached hydrogens (tertiary/aromatic N) is 8. The number of ether oxygens (including phenoxy) is 1. The monoisotopic (exact) mass is 416 g/mol. The lowest BCUT2D eigenvalue weighted by Gasteiger charge is -2.32. The topological polar surface area (TPSA) is 85.1 Å². The molecule has 3 aromatic heterocycles. The number of anilines is 1. The van der Waals surface area contributed by atoms with E-state index < -0.39 is 0 Å². The number of benzene rings is 1. The molecule has 9 nitrogen and oxygen atoms in total. The number of fused-ring (bicyclic) bond motifs is 2. The molecule has 4 aromatic rings. The Kier molecular flexibility index (Phi) is 4.69. The largest absolute Gasteiger partial charge is 0.379 e.